The molecule has 1 aromatic heterocycles. The number of amides is 2. The van der Waals surface area contributed by atoms with Crippen molar-refractivity contribution in [3.05, 3.63) is 17.5 Å². The number of aryl methyl sites for hydroxylation is 2. The van der Waals surface area contributed by atoms with E-state index in [0.29, 0.717) is 17.5 Å². The smallest absolute Gasteiger partial charge is 0.272 e. The Bertz CT molecular complexity index is 602. The second kappa shape index (κ2) is 6.34. The molecule has 6 nitrogen and oxygen atoms in total. The van der Waals surface area contributed by atoms with Gasteiger partial charge in [0.25, 0.3) is 5.91 Å². The molecule has 6 heteroatoms. The molecule has 0 N–H and O–H groups in total. The molecule has 2 aliphatic heterocycles. The summed E-state index contributed by atoms with van der Waals surface area (Å²) in [6, 6.07) is 1.86. The van der Waals surface area contributed by atoms with E-state index in [1.165, 1.54) is 0 Å². The molecule has 3 heterocycles. The number of rotatable bonds is 2. The lowest BCUT2D eigenvalue weighted by molar-refractivity contribution is -0.130. The summed E-state index contributed by atoms with van der Waals surface area (Å²) in [6.45, 7) is 6.96. The zero-order valence-electron chi connectivity index (χ0n) is 14.3. The van der Waals surface area contributed by atoms with Crippen LogP contribution in [0, 0.1) is 18.8 Å². The molecular weight excluding hydrogens is 292 g/mol. The largest absolute Gasteiger partial charge is 0.343 e. The van der Waals surface area contributed by atoms with Gasteiger partial charge >= 0.3 is 0 Å². The van der Waals surface area contributed by atoms with Crippen LogP contribution in [0.1, 0.15) is 42.4 Å². The summed E-state index contributed by atoms with van der Waals surface area (Å²) in [6.07, 6.45) is 3.21. The van der Waals surface area contributed by atoms with Gasteiger partial charge in [0.15, 0.2) is 0 Å². The van der Waals surface area contributed by atoms with Crippen molar-refractivity contribution in [2.75, 3.05) is 26.2 Å². The predicted octanol–water partition coefficient (Wildman–Crippen LogP) is 1.45. The molecular formula is C17H26N4O2. The maximum absolute atomic E-state index is 12.7. The van der Waals surface area contributed by atoms with Crippen molar-refractivity contribution >= 4 is 11.8 Å². The van der Waals surface area contributed by atoms with E-state index in [-0.39, 0.29) is 11.8 Å². The molecule has 0 aromatic carbocycles. The molecule has 0 radical (unpaired) electrons. The van der Waals surface area contributed by atoms with Crippen molar-refractivity contribution in [1.82, 2.24) is 19.6 Å². The summed E-state index contributed by atoms with van der Waals surface area (Å²) in [5.74, 6) is 1.48. The van der Waals surface area contributed by atoms with E-state index in [1.54, 1.807) is 11.6 Å². The quantitative estimate of drug-likeness (QED) is 0.829. The van der Waals surface area contributed by atoms with Gasteiger partial charge in [-0.1, -0.05) is 0 Å². The lowest BCUT2D eigenvalue weighted by atomic mass is 9.84. The van der Waals surface area contributed by atoms with Crippen LogP contribution in [0.3, 0.4) is 0 Å². The Morgan fingerprint density at radius 2 is 1.70 bits per heavy atom. The van der Waals surface area contributed by atoms with Crippen LogP contribution in [0.5, 0.6) is 0 Å². The van der Waals surface area contributed by atoms with Gasteiger partial charge in [-0.2, -0.15) is 5.10 Å². The first-order chi connectivity index (χ1) is 11.0. The van der Waals surface area contributed by atoms with Crippen molar-refractivity contribution < 1.29 is 9.59 Å². The van der Waals surface area contributed by atoms with Crippen LogP contribution < -0.4 is 0 Å². The van der Waals surface area contributed by atoms with Gasteiger partial charge in [-0.15, -0.1) is 0 Å². The summed E-state index contributed by atoms with van der Waals surface area (Å²) in [4.78, 5) is 28.0. The summed E-state index contributed by atoms with van der Waals surface area (Å²) >= 11 is 0. The third-order valence-electron chi connectivity index (χ3n) is 5.38. The molecule has 2 fully saturated rings. The summed E-state index contributed by atoms with van der Waals surface area (Å²) in [5, 5.41) is 4.27. The van der Waals surface area contributed by atoms with E-state index in [4.69, 9.17) is 0 Å². The van der Waals surface area contributed by atoms with Crippen molar-refractivity contribution in [3.8, 4) is 0 Å². The lowest BCUT2D eigenvalue weighted by Crippen LogP contribution is -2.39. The van der Waals surface area contributed by atoms with Gasteiger partial charge in [0.05, 0.1) is 5.69 Å². The molecule has 0 saturated carbocycles. The number of nitrogens with zero attached hydrogens (tertiary/aromatic N) is 4. The van der Waals surface area contributed by atoms with E-state index >= 15 is 0 Å². The summed E-state index contributed by atoms with van der Waals surface area (Å²) in [5.41, 5.74) is 1.55. The van der Waals surface area contributed by atoms with Gasteiger partial charge in [-0.05, 0) is 44.1 Å². The molecule has 1 aromatic rings. The number of hydrogen-bond acceptors (Lipinski definition) is 3. The third kappa shape index (κ3) is 3.26. The van der Waals surface area contributed by atoms with E-state index in [0.717, 1.165) is 51.1 Å². The maximum Gasteiger partial charge on any atom is 0.272 e. The van der Waals surface area contributed by atoms with Gasteiger partial charge in [-0.25, -0.2) is 0 Å². The fourth-order valence-corrected chi connectivity index (χ4v) is 4.02. The maximum atomic E-state index is 12.7. The minimum Gasteiger partial charge on any atom is -0.343 e. The fourth-order valence-electron chi connectivity index (χ4n) is 4.02. The fraction of sp³-hybridized carbons (Fsp3) is 0.706. The van der Waals surface area contributed by atoms with E-state index < -0.39 is 0 Å². The molecule has 3 rings (SSSR count). The van der Waals surface area contributed by atoms with E-state index in [1.807, 2.05) is 29.8 Å². The minimum absolute atomic E-state index is 0.0942. The molecule has 1 atom stereocenters. The van der Waals surface area contributed by atoms with Gasteiger partial charge < -0.3 is 9.80 Å². The SMILES string of the molecule is CC(=O)N1CCC(C2CCN(C(=O)c3cc(C)nn3C)C2)CC1. The van der Waals surface area contributed by atoms with Crippen LogP contribution in [0.25, 0.3) is 0 Å². The lowest BCUT2D eigenvalue weighted by Gasteiger charge is -2.34. The van der Waals surface area contributed by atoms with Gasteiger partial charge in [-0.3, -0.25) is 14.3 Å². The second-order valence-electron chi connectivity index (χ2n) is 6.94. The van der Waals surface area contributed by atoms with Crippen molar-refractivity contribution in [1.29, 1.82) is 0 Å². The van der Waals surface area contributed by atoms with Crippen molar-refractivity contribution in [2.45, 2.75) is 33.1 Å². The highest BCUT2D eigenvalue weighted by atomic mass is 16.2. The zero-order valence-corrected chi connectivity index (χ0v) is 14.3. The molecule has 23 heavy (non-hydrogen) atoms. The molecule has 2 aliphatic rings. The standard InChI is InChI=1S/C17H26N4O2/c1-12-10-16(19(3)18-12)17(23)21-9-6-15(11-21)14-4-7-20(8-5-14)13(2)22/h10,14-15H,4-9,11H2,1-3H3. The second-order valence-corrected chi connectivity index (χ2v) is 6.94. The summed E-state index contributed by atoms with van der Waals surface area (Å²) < 4.78 is 1.68. The Labute approximate surface area is 137 Å². The van der Waals surface area contributed by atoms with Crippen molar-refractivity contribution in [3.63, 3.8) is 0 Å². The topological polar surface area (TPSA) is 58.4 Å². The van der Waals surface area contributed by atoms with Gasteiger partial charge in [0.2, 0.25) is 5.91 Å². The highest BCUT2D eigenvalue weighted by Crippen LogP contribution is 2.32. The Morgan fingerprint density at radius 3 is 2.26 bits per heavy atom. The van der Waals surface area contributed by atoms with Gasteiger partial charge in [0, 0.05) is 40.2 Å². The number of aromatic nitrogens is 2. The van der Waals surface area contributed by atoms with Crippen LogP contribution in [0.4, 0.5) is 0 Å². The number of hydrogen-bond donors (Lipinski definition) is 0. The van der Waals surface area contributed by atoms with Crippen LogP contribution in [-0.4, -0.2) is 57.6 Å². The number of piperidine rings is 1. The molecule has 126 valence electrons. The molecule has 0 aliphatic carbocycles. The Hall–Kier alpha value is -1.85. The van der Waals surface area contributed by atoms with Crippen molar-refractivity contribution in [2.24, 2.45) is 18.9 Å². The number of likely N-dealkylation sites (tertiary alicyclic amines) is 2. The minimum atomic E-state index is 0.0942. The zero-order chi connectivity index (χ0) is 16.6. The Morgan fingerprint density at radius 1 is 1.09 bits per heavy atom. The monoisotopic (exact) mass is 318 g/mol. The average molecular weight is 318 g/mol. The predicted molar refractivity (Wildman–Crippen MR) is 86.9 cm³/mol. The van der Waals surface area contributed by atoms with Crippen LogP contribution >= 0.6 is 0 Å². The molecule has 0 spiro atoms. The molecule has 2 saturated heterocycles. The first kappa shape index (κ1) is 16.0. The van der Waals surface area contributed by atoms with Gasteiger partial charge in [0.1, 0.15) is 5.69 Å². The Kier molecular flexibility index (Phi) is 4.41. The normalized spacial score (nSPS) is 22.7. The van der Waals surface area contributed by atoms with Crippen LogP contribution in [-0.2, 0) is 11.8 Å². The number of carbonyl (C=O) groups excluding carboxylic acids is 2. The number of carbonyl (C=O) groups is 2. The van der Waals surface area contributed by atoms with E-state index in [2.05, 4.69) is 5.10 Å². The average Bonchev–Trinajstić information content (AvgIpc) is 3.13. The van der Waals surface area contributed by atoms with Crippen LogP contribution in [0.2, 0.25) is 0 Å². The summed E-state index contributed by atoms with van der Waals surface area (Å²) in [7, 11) is 1.82. The van der Waals surface area contributed by atoms with Crippen LogP contribution in [0.15, 0.2) is 6.07 Å². The van der Waals surface area contributed by atoms with E-state index in [9.17, 15) is 9.59 Å². The molecule has 2 amide bonds. The molecule has 1 unspecified atom stereocenters. The Balaban J connectivity index is 1.58. The molecule has 0 bridgehead atoms. The highest BCUT2D eigenvalue weighted by Gasteiger charge is 2.35. The first-order valence-electron chi connectivity index (χ1n) is 8.51. The first-order valence-corrected chi connectivity index (χ1v) is 8.51. The highest BCUT2D eigenvalue weighted by molar-refractivity contribution is 5.92. The third-order valence-corrected chi connectivity index (χ3v) is 5.38.